The standard InChI is InChI=1S/C21H30N4O3S/c1-21(2,3)28-20(27)24-18-14-29-13-17(18)23-19(26)16-8-6-15(7-9-16)12-22-10-11-25(4)5/h6-9,13-14,22H,10-12H2,1-5H3,(H,23,26)(H,24,27). The lowest BCUT2D eigenvalue weighted by Crippen LogP contribution is -2.27. The highest BCUT2D eigenvalue weighted by atomic mass is 32.1. The van der Waals surface area contributed by atoms with E-state index in [2.05, 4.69) is 20.9 Å². The van der Waals surface area contributed by atoms with Gasteiger partial charge in [-0.05, 0) is 52.6 Å². The molecule has 0 aliphatic carbocycles. The molecule has 7 nitrogen and oxygen atoms in total. The predicted octanol–water partition coefficient (Wildman–Crippen LogP) is 4.00. The van der Waals surface area contributed by atoms with Crippen LogP contribution in [-0.2, 0) is 11.3 Å². The molecular weight excluding hydrogens is 388 g/mol. The number of hydrogen-bond acceptors (Lipinski definition) is 6. The molecule has 1 heterocycles. The number of rotatable bonds is 8. The lowest BCUT2D eigenvalue weighted by molar-refractivity contribution is 0.0635. The first-order valence-corrected chi connectivity index (χ1v) is 10.4. The summed E-state index contributed by atoms with van der Waals surface area (Å²) in [5.74, 6) is -0.234. The van der Waals surface area contributed by atoms with E-state index >= 15 is 0 Å². The maximum absolute atomic E-state index is 12.6. The van der Waals surface area contributed by atoms with Crippen molar-refractivity contribution in [1.29, 1.82) is 0 Å². The second kappa shape index (κ2) is 10.4. The van der Waals surface area contributed by atoms with Crippen molar-refractivity contribution in [1.82, 2.24) is 10.2 Å². The summed E-state index contributed by atoms with van der Waals surface area (Å²) in [6.45, 7) is 8.02. The molecule has 158 valence electrons. The minimum Gasteiger partial charge on any atom is -0.444 e. The molecule has 3 N–H and O–H groups in total. The van der Waals surface area contributed by atoms with Crippen molar-refractivity contribution in [2.45, 2.75) is 32.9 Å². The zero-order valence-corrected chi connectivity index (χ0v) is 18.5. The number of likely N-dealkylation sites (N-methyl/N-ethyl adjacent to an activating group) is 1. The Kier molecular flexibility index (Phi) is 8.19. The molecule has 2 aromatic rings. The number of nitrogens with zero attached hydrogens (tertiary/aromatic N) is 1. The number of anilines is 2. The summed E-state index contributed by atoms with van der Waals surface area (Å²) in [6, 6.07) is 7.47. The lowest BCUT2D eigenvalue weighted by atomic mass is 10.1. The lowest BCUT2D eigenvalue weighted by Gasteiger charge is -2.19. The molecule has 0 spiro atoms. The van der Waals surface area contributed by atoms with Gasteiger partial charge in [0, 0.05) is 36.0 Å². The molecule has 0 bridgehead atoms. The van der Waals surface area contributed by atoms with E-state index in [1.165, 1.54) is 11.3 Å². The second-order valence-electron chi connectivity index (χ2n) is 7.96. The van der Waals surface area contributed by atoms with Gasteiger partial charge in [-0.15, -0.1) is 11.3 Å². The topological polar surface area (TPSA) is 82.7 Å². The van der Waals surface area contributed by atoms with Crippen LogP contribution < -0.4 is 16.0 Å². The van der Waals surface area contributed by atoms with Crippen molar-refractivity contribution in [2.75, 3.05) is 37.8 Å². The van der Waals surface area contributed by atoms with Crippen LogP contribution in [0.2, 0.25) is 0 Å². The van der Waals surface area contributed by atoms with Gasteiger partial charge in [-0.2, -0.15) is 0 Å². The molecule has 0 fully saturated rings. The number of carbonyl (C=O) groups is 2. The number of ether oxygens (including phenoxy) is 1. The first kappa shape index (κ1) is 22.9. The highest BCUT2D eigenvalue weighted by Gasteiger charge is 2.18. The van der Waals surface area contributed by atoms with Crippen molar-refractivity contribution < 1.29 is 14.3 Å². The first-order valence-electron chi connectivity index (χ1n) is 9.46. The zero-order chi connectivity index (χ0) is 21.4. The van der Waals surface area contributed by atoms with E-state index in [0.717, 1.165) is 25.2 Å². The Morgan fingerprint density at radius 3 is 2.24 bits per heavy atom. The van der Waals surface area contributed by atoms with Gasteiger partial charge in [0.05, 0.1) is 11.4 Å². The van der Waals surface area contributed by atoms with E-state index in [9.17, 15) is 9.59 Å². The van der Waals surface area contributed by atoms with Crippen LogP contribution in [0.1, 0.15) is 36.7 Å². The Labute approximate surface area is 176 Å². The van der Waals surface area contributed by atoms with E-state index in [0.29, 0.717) is 16.9 Å². The Morgan fingerprint density at radius 1 is 1.03 bits per heavy atom. The molecule has 1 aromatic heterocycles. The van der Waals surface area contributed by atoms with Crippen molar-refractivity contribution in [3.63, 3.8) is 0 Å². The molecule has 0 unspecified atom stereocenters. The maximum Gasteiger partial charge on any atom is 0.412 e. The number of benzene rings is 1. The smallest absolute Gasteiger partial charge is 0.412 e. The van der Waals surface area contributed by atoms with Gasteiger partial charge >= 0.3 is 6.09 Å². The second-order valence-corrected chi connectivity index (χ2v) is 8.70. The van der Waals surface area contributed by atoms with E-state index < -0.39 is 11.7 Å². The van der Waals surface area contributed by atoms with Crippen LogP contribution in [0.15, 0.2) is 35.0 Å². The number of amides is 2. The molecule has 0 aliphatic rings. The van der Waals surface area contributed by atoms with Crippen LogP contribution >= 0.6 is 11.3 Å². The molecule has 0 radical (unpaired) electrons. The van der Waals surface area contributed by atoms with Gasteiger partial charge in [-0.3, -0.25) is 10.1 Å². The van der Waals surface area contributed by atoms with Gasteiger partial charge in [-0.25, -0.2) is 4.79 Å². The molecule has 2 amide bonds. The molecule has 29 heavy (non-hydrogen) atoms. The number of nitrogens with one attached hydrogen (secondary N) is 3. The van der Waals surface area contributed by atoms with Crippen molar-refractivity contribution in [2.24, 2.45) is 0 Å². The van der Waals surface area contributed by atoms with Gasteiger partial charge in [0.25, 0.3) is 5.91 Å². The molecule has 2 rings (SSSR count). The van der Waals surface area contributed by atoms with Crippen molar-refractivity contribution in [3.8, 4) is 0 Å². The van der Waals surface area contributed by atoms with Gasteiger partial charge in [0.15, 0.2) is 0 Å². The largest absolute Gasteiger partial charge is 0.444 e. The van der Waals surface area contributed by atoms with E-state index in [1.54, 1.807) is 43.7 Å². The van der Waals surface area contributed by atoms with Crippen LogP contribution in [0.25, 0.3) is 0 Å². The highest BCUT2D eigenvalue weighted by Crippen LogP contribution is 2.27. The highest BCUT2D eigenvalue weighted by molar-refractivity contribution is 7.09. The quantitative estimate of drug-likeness (QED) is 0.565. The average molecular weight is 419 g/mol. The molecule has 0 aliphatic heterocycles. The molecule has 0 atom stereocenters. The van der Waals surface area contributed by atoms with E-state index in [1.807, 2.05) is 26.2 Å². The summed E-state index contributed by atoms with van der Waals surface area (Å²) in [6.07, 6.45) is -0.558. The fourth-order valence-electron chi connectivity index (χ4n) is 2.41. The minimum absolute atomic E-state index is 0.234. The third-order valence-corrected chi connectivity index (χ3v) is 4.57. The third-order valence-electron chi connectivity index (χ3n) is 3.83. The van der Waals surface area contributed by atoms with Gasteiger partial charge < -0.3 is 20.3 Å². The Hall–Kier alpha value is -2.42. The molecule has 8 heteroatoms. The first-order chi connectivity index (χ1) is 13.6. The fourth-order valence-corrected chi connectivity index (χ4v) is 3.12. The SMILES string of the molecule is CN(C)CCNCc1ccc(C(=O)Nc2cscc2NC(=O)OC(C)(C)C)cc1. The number of hydrogen-bond donors (Lipinski definition) is 3. The summed E-state index contributed by atoms with van der Waals surface area (Å²) < 4.78 is 5.26. The van der Waals surface area contributed by atoms with E-state index in [4.69, 9.17) is 4.74 Å². The van der Waals surface area contributed by atoms with Crippen LogP contribution in [0.4, 0.5) is 16.2 Å². The molecule has 1 aromatic carbocycles. The van der Waals surface area contributed by atoms with Crippen molar-refractivity contribution >= 4 is 34.7 Å². The Bertz CT molecular complexity index is 810. The minimum atomic E-state index is -0.591. The predicted molar refractivity (Wildman–Crippen MR) is 119 cm³/mol. The summed E-state index contributed by atoms with van der Waals surface area (Å²) in [4.78, 5) is 26.6. The third kappa shape index (κ3) is 8.23. The van der Waals surface area contributed by atoms with Crippen LogP contribution in [0.3, 0.4) is 0 Å². The van der Waals surface area contributed by atoms with Crippen LogP contribution in [-0.4, -0.2) is 49.7 Å². The summed E-state index contributed by atoms with van der Waals surface area (Å²) in [5.41, 5.74) is 2.13. The fraction of sp³-hybridized carbons (Fsp3) is 0.429. The molecular formula is C21H30N4O3S. The van der Waals surface area contributed by atoms with Crippen LogP contribution in [0.5, 0.6) is 0 Å². The van der Waals surface area contributed by atoms with Gasteiger partial charge in [0.2, 0.25) is 0 Å². The average Bonchev–Trinajstić information content (AvgIpc) is 3.04. The molecule has 0 saturated heterocycles. The monoisotopic (exact) mass is 418 g/mol. The Morgan fingerprint density at radius 2 is 1.66 bits per heavy atom. The van der Waals surface area contributed by atoms with Crippen LogP contribution in [0, 0.1) is 0 Å². The van der Waals surface area contributed by atoms with Gasteiger partial charge in [0.1, 0.15) is 5.60 Å². The summed E-state index contributed by atoms with van der Waals surface area (Å²) in [7, 11) is 4.08. The number of thiophene rings is 1. The number of carbonyl (C=O) groups excluding carboxylic acids is 2. The maximum atomic E-state index is 12.6. The Balaban J connectivity index is 1.90. The van der Waals surface area contributed by atoms with Crippen molar-refractivity contribution in [3.05, 3.63) is 46.2 Å². The normalized spacial score (nSPS) is 11.4. The zero-order valence-electron chi connectivity index (χ0n) is 17.7. The molecule has 0 saturated carbocycles. The summed E-state index contributed by atoms with van der Waals surface area (Å²) >= 11 is 1.38. The van der Waals surface area contributed by atoms with E-state index in [-0.39, 0.29) is 5.91 Å². The van der Waals surface area contributed by atoms with Gasteiger partial charge in [-0.1, -0.05) is 12.1 Å². The summed E-state index contributed by atoms with van der Waals surface area (Å²) in [5, 5.41) is 12.4.